The Labute approximate surface area is 170 Å². The zero-order valence-corrected chi connectivity index (χ0v) is 17.4. The molecule has 0 radical (unpaired) electrons. The summed E-state index contributed by atoms with van der Waals surface area (Å²) >= 11 is 0. The SMILES string of the molecule is CN=C(NCCCC1CCCC1)NCc1cccc(COC2CCOCC2)c1. The van der Waals surface area contributed by atoms with Crippen LogP contribution < -0.4 is 10.6 Å². The van der Waals surface area contributed by atoms with Crippen LogP contribution in [0.5, 0.6) is 0 Å². The molecule has 2 N–H and O–H groups in total. The van der Waals surface area contributed by atoms with Crippen LogP contribution in [0.1, 0.15) is 62.5 Å². The molecule has 3 rings (SSSR count). The summed E-state index contributed by atoms with van der Waals surface area (Å²) < 4.78 is 11.4. The second kappa shape index (κ2) is 12.1. The largest absolute Gasteiger partial charge is 0.381 e. The van der Waals surface area contributed by atoms with Crippen LogP contribution >= 0.6 is 0 Å². The van der Waals surface area contributed by atoms with Gasteiger partial charge in [-0.05, 0) is 42.7 Å². The number of hydrogen-bond acceptors (Lipinski definition) is 3. The van der Waals surface area contributed by atoms with Gasteiger partial charge >= 0.3 is 0 Å². The van der Waals surface area contributed by atoms with Crippen molar-refractivity contribution in [2.75, 3.05) is 26.8 Å². The molecule has 5 heteroatoms. The van der Waals surface area contributed by atoms with Crippen LogP contribution in [0, 0.1) is 5.92 Å². The third-order valence-corrected chi connectivity index (χ3v) is 5.89. The van der Waals surface area contributed by atoms with Crippen molar-refractivity contribution < 1.29 is 9.47 Å². The molecule has 1 aromatic rings. The van der Waals surface area contributed by atoms with E-state index in [1.165, 1.54) is 49.7 Å². The minimum absolute atomic E-state index is 0.336. The van der Waals surface area contributed by atoms with Crippen LogP contribution in [0.2, 0.25) is 0 Å². The molecule has 2 aliphatic rings. The predicted octanol–water partition coefficient (Wildman–Crippen LogP) is 4.02. The predicted molar refractivity (Wildman–Crippen MR) is 114 cm³/mol. The molecule has 156 valence electrons. The minimum Gasteiger partial charge on any atom is -0.381 e. The Kier molecular flexibility index (Phi) is 9.11. The van der Waals surface area contributed by atoms with Crippen molar-refractivity contribution in [1.82, 2.24) is 10.6 Å². The summed E-state index contributed by atoms with van der Waals surface area (Å²) in [4.78, 5) is 4.35. The number of rotatable bonds is 9. The number of nitrogens with zero attached hydrogens (tertiary/aromatic N) is 1. The lowest BCUT2D eigenvalue weighted by Gasteiger charge is -2.22. The summed E-state index contributed by atoms with van der Waals surface area (Å²) in [7, 11) is 1.84. The molecule has 0 atom stereocenters. The van der Waals surface area contributed by atoms with Gasteiger partial charge in [0.2, 0.25) is 0 Å². The number of aliphatic imine (C=N–C) groups is 1. The Morgan fingerprint density at radius 2 is 1.89 bits per heavy atom. The molecule has 0 aromatic heterocycles. The smallest absolute Gasteiger partial charge is 0.191 e. The molecule has 1 aliphatic carbocycles. The second-order valence-electron chi connectivity index (χ2n) is 8.09. The van der Waals surface area contributed by atoms with Crippen LogP contribution in [0.4, 0.5) is 0 Å². The summed E-state index contributed by atoms with van der Waals surface area (Å²) in [6.07, 6.45) is 10.6. The first-order valence-electron chi connectivity index (χ1n) is 11.0. The van der Waals surface area contributed by atoms with Crippen LogP contribution in [-0.2, 0) is 22.6 Å². The molecular formula is C23H37N3O2. The Morgan fingerprint density at radius 3 is 2.68 bits per heavy atom. The van der Waals surface area contributed by atoms with Gasteiger partial charge in [-0.2, -0.15) is 0 Å². The maximum Gasteiger partial charge on any atom is 0.191 e. The molecule has 1 heterocycles. The highest BCUT2D eigenvalue weighted by atomic mass is 16.5. The van der Waals surface area contributed by atoms with Crippen molar-refractivity contribution in [1.29, 1.82) is 0 Å². The van der Waals surface area contributed by atoms with Gasteiger partial charge in [-0.25, -0.2) is 0 Å². The Balaban J connectivity index is 1.35. The summed E-state index contributed by atoms with van der Waals surface area (Å²) in [6, 6.07) is 8.62. The average molecular weight is 388 g/mol. The van der Waals surface area contributed by atoms with Gasteiger partial charge in [-0.1, -0.05) is 49.9 Å². The molecule has 5 nitrogen and oxygen atoms in total. The van der Waals surface area contributed by atoms with E-state index in [0.29, 0.717) is 12.7 Å². The fraction of sp³-hybridized carbons (Fsp3) is 0.696. The summed E-state index contributed by atoms with van der Waals surface area (Å²) in [5, 5.41) is 6.88. The average Bonchev–Trinajstić information content (AvgIpc) is 3.26. The van der Waals surface area contributed by atoms with E-state index >= 15 is 0 Å². The lowest BCUT2D eigenvalue weighted by Crippen LogP contribution is -2.37. The summed E-state index contributed by atoms with van der Waals surface area (Å²) in [5.41, 5.74) is 2.48. The van der Waals surface area contributed by atoms with Gasteiger partial charge in [0.15, 0.2) is 5.96 Å². The Bertz CT molecular complexity index is 593. The number of ether oxygens (including phenoxy) is 2. The first kappa shape index (κ1) is 21.1. The van der Waals surface area contributed by atoms with Crippen molar-refractivity contribution in [3.8, 4) is 0 Å². The molecule has 0 bridgehead atoms. The van der Waals surface area contributed by atoms with Crippen molar-refractivity contribution >= 4 is 5.96 Å². The van der Waals surface area contributed by atoms with E-state index in [0.717, 1.165) is 51.0 Å². The number of nitrogens with one attached hydrogen (secondary N) is 2. The minimum atomic E-state index is 0.336. The summed E-state index contributed by atoms with van der Waals surface area (Å²) in [6.45, 7) is 4.08. The standard InChI is InChI=1S/C23H37N3O2/c1-24-23(25-13-5-10-19-6-2-3-7-19)26-17-20-8-4-9-21(16-20)18-28-22-11-14-27-15-12-22/h4,8-9,16,19,22H,2-3,5-7,10-15,17-18H2,1H3,(H2,24,25,26). The molecule has 1 saturated heterocycles. The quantitative estimate of drug-likeness (QED) is 0.382. The van der Waals surface area contributed by atoms with Crippen molar-refractivity contribution in [3.05, 3.63) is 35.4 Å². The molecule has 28 heavy (non-hydrogen) atoms. The number of benzene rings is 1. The van der Waals surface area contributed by atoms with Crippen molar-refractivity contribution in [3.63, 3.8) is 0 Å². The maximum absolute atomic E-state index is 6.04. The van der Waals surface area contributed by atoms with Gasteiger partial charge in [-0.15, -0.1) is 0 Å². The van der Waals surface area contributed by atoms with Crippen LogP contribution in [0.3, 0.4) is 0 Å². The van der Waals surface area contributed by atoms with Crippen molar-refractivity contribution in [2.24, 2.45) is 10.9 Å². The highest BCUT2D eigenvalue weighted by Crippen LogP contribution is 2.28. The van der Waals surface area contributed by atoms with Gasteiger partial charge in [0.25, 0.3) is 0 Å². The first-order valence-corrected chi connectivity index (χ1v) is 11.0. The van der Waals surface area contributed by atoms with E-state index in [2.05, 4.69) is 39.9 Å². The highest BCUT2D eigenvalue weighted by Gasteiger charge is 2.15. The number of hydrogen-bond donors (Lipinski definition) is 2. The molecule has 1 saturated carbocycles. The summed E-state index contributed by atoms with van der Waals surface area (Å²) in [5.74, 6) is 1.85. The highest BCUT2D eigenvalue weighted by molar-refractivity contribution is 5.79. The van der Waals surface area contributed by atoms with E-state index in [-0.39, 0.29) is 0 Å². The second-order valence-corrected chi connectivity index (χ2v) is 8.09. The third-order valence-electron chi connectivity index (χ3n) is 5.89. The molecule has 0 unspecified atom stereocenters. The van der Waals surface area contributed by atoms with Gasteiger partial charge in [-0.3, -0.25) is 4.99 Å². The van der Waals surface area contributed by atoms with E-state index in [4.69, 9.17) is 9.47 Å². The normalized spacial score (nSPS) is 19.1. The molecule has 0 amide bonds. The molecule has 0 spiro atoms. The lowest BCUT2D eigenvalue weighted by molar-refractivity contribution is -0.0390. The van der Waals surface area contributed by atoms with Gasteiger partial charge < -0.3 is 20.1 Å². The monoisotopic (exact) mass is 387 g/mol. The zero-order chi connectivity index (χ0) is 19.4. The van der Waals surface area contributed by atoms with E-state index < -0.39 is 0 Å². The topological polar surface area (TPSA) is 54.9 Å². The Morgan fingerprint density at radius 1 is 1.11 bits per heavy atom. The van der Waals surface area contributed by atoms with E-state index in [1.54, 1.807) is 0 Å². The van der Waals surface area contributed by atoms with Crippen molar-refractivity contribution in [2.45, 2.75) is 70.6 Å². The fourth-order valence-corrected chi connectivity index (χ4v) is 4.19. The van der Waals surface area contributed by atoms with E-state index in [1.807, 2.05) is 7.05 Å². The molecular weight excluding hydrogens is 350 g/mol. The van der Waals surface area contributed by atoms with Crippen LogP contribution in [0.15, 0.2) is 29.3 Å². The number of guanidine groups is 1. The third kappa shape index (κ3) is 7.44. The van der Waals surface area contributed by atoms with E-state index in [9.17, 15) is 0 Å². The van der Waals surface area contributed by atoms with Crippen LogP contribution in [-0.4, -0.2) is 38.9 Å². The molecule has 1 aromatic carbocycles. The van der Waals surface area contributed by atoms with Gasteiger partial charge in [0, 0.05) is 33.4 Å². The Hall–Kier alpha value is -1.59. The maximum atomic E-state index is 6.04. The fourth-order valence-electron chi connectivity index (χ4n) is 4.19. The van der Waals surface area contributed by atoms with Crippen LogP contribution in [0.25, 0.3) is 0 Å². The van der Waals surface area contributed by atoms with Gasteiger partial charge in [0.1, 0.15) is 0 Å². The lowest BCUT2D eigenvalue weighted by atomic mass is 10.0. The first-order chi connectivity index (χ1) is 13.8. The molecule has 1 aliphatic heterocycles. The van der Waals surface area contributed by atoms with Gasteiger partial charge in [0.05, 0.1) is 12.7 Å². The molecule has 2 fully saturated rings. The zero-order valence-electron chi connectivity index (χ0n) is 17.4.